The van der Waals surface area contributed by atoms with Gasteiger partial charge in [-0.25, -0.2) is 8.78 Å². The second-order valence-electron chi connectivity index (χ2n) is 5.36. The summed E-state index contributed by atoms with van der Waals surface area (Å²) in [5.74, 6) is -3.51. The Kier molecular flexibility index (Phi) is 4.78. The van der Waals surface area contributed by atoms with Gasteiger partial charge in [0, 0.05) is 6.07 Å². The Morgan fingerprint density at radius 2 is 1.88 bits per heavy atom. The standard InChI is InChI=1S/C17H13F2N3O4/c18-10-5-6-11(12(19)7-10)17(25)21-20-15(23)8-22-13-3-1-2-4-14(13)26-9-16(22)24/h1-7H,8-9H2,(H,20,23)(H,21,25). The van der Waals surface area contributed by atoms with Crippen LogP contribution in [0.1, 0.15) is 10.4 Å². The molecule has 7 nitrogen and oxygen atoms in total. The first-order valence-corrected chi connectivity index (χ1v) is 7.52. The molecule has 0 fully saturated rings. The molecule has 3 rings (SSSR count). The average molecular weight is 361 g/mol. The van der Waals surface area contributed by atoms with Crippen molar-refractivity contribution in [1.29, 1.82) is 0 Å². The van der Waals surface area contributed by atoms with Crippen LogP contribution in [0.2, 0.25) is 0 Å². The van der Waals surface area contributed by atoms with E-state index in [-0.39, 0.29) is 13.2 Å². The van der Waals surface area contributed by atoms with Crippen LogP contribution in [0.4, 0.5) is 14.5 Å². The minimum Gasteiger partial charge on any atom is -0.482 e. The number of nitrogens with one attached hydrogen (secondary N) is 2. The normalized spacial score (nSPS) is 12.8. The van der Waals surface area contributed by atoms with Crippen molar-refractivity contribution in [2.75, 3.05) is 18.1 Å². The molecule has 2 N–H and O–H groups in total. The number of hydrazine groups is 1. The highest BCUT2D eigenvalue weighted by atomic mass is 19.1. The summed E-state index contributed by atoms with van der Waals surface area (Å²) < 4.78 is 31.7. The molecule has 9 heteroatoms. The molecule has 3 amide bonds. The van der Waals surface area contributed by atoms with Gasteiger partial charge in [0.2, 0.25) is 0 Å². The van der Waals surface area contributed by atoms with E-state index in [9.17, 15) is 23.2 Å². The molecule has 1 aliphatic rings. The summed E-state index contributed by atoms with van der Waals surface area (Å²) >= 11 is 0. The first-order valence-electron chi connectivity index (χ1n) is 7.52. The summed E-state index contributed by atoms with van der Waals surface area (Å²) in [4.78, 5) is 37.1. The van der Waals surface area contributed by atoms with E-state index in [1.54, 1.807) is 24.3 Å². The fourth-order valence-corrected chi connectivity index (χ4v) is 2.38. The van der Waals surface area contributed by atoms with Crippen LogP contribution in [-0.2, 0) is 9.59 Å². The molecule has 0 bridgehead atoms. The number of ether oxygens (including phenoxy) is 1. The number of halogens is 2. The number of anilines is 1. The Morgan fingerprint density at radius 3 is 2.65 bits per heavy atom. The van der Waals surface area contributed by atoms with Crippen LogP contribution < -0.4 is 20.5 Å². The van der Waals surface area contributed by atoms with E-state index in [1.807, 2.05) is 5.43 Å². The van der Waals surface area contributed by atoms with Gasteiger partial charge in [-0.2, -0.15) is 0 Å². The summed E-state index contributed by atoms with van der Waals surface area (Å²) in [7, 11) is 0. The Morgan fingerprint density at radius 1 is 1.12 bits per heavy atom. The third kappa shape index (κ3) is 3.61. The summed E-state index contributed by atoms with van der Waals surface area (Å²) in [5, 5.41) is 0. The zero-order chi connectivity index (χ0) is 18.7. The zero-order valence-electron chi connectivity index (χ0n) is 13.3. The van der Waals surface area contributed by atoms with E-state index in [4.69, 9.17) is 4.74 Å². The van der Waals surface area contributed by atoms with Crippen LogP contribution in [0.25, 0.3) is 0 Å². The molecule has 134 valence electrons. The van der Waals surface area contributed by atoms with E-state index >= 15 is 0 Å². The topological polar surface area (TPSA) is 87.7 Å². The van der Waals surface area contributed by atoms with E-state index in [1.165, 1.54) is 4.90 Å². The Hall–Kier alpha value is -3.49. The van der Waals surface area contributed by atoms with Gasteiger partial charge >= 0.3 is 0 Å². The Bertz CT molecular complexity index is 888. The highest BCUT2D eigenvalue weighted by Gasteiger charge is 2.27. The number of carbonyl (C=O) groups is 3. The van der Waals surface area contributed by atoms with Crippen molar-refractivity contribution in [2.45, 2.75) is 0 Å². The molecule has 1 aliphatic heterocycles. The van der Waals surface area contributed by atoms with Crippen LogP contribution in [0.5, 0.6) is 5.75 Å². The van der Waals surface area contributed by atoms with Crippen LogP contribution >= 0.6 is 0 Å². The molecular formula is C17H13F2N3O4. The lowest BCUT2D eigenvalue weighted by atomic mass is 10.2. The second-order valence-corrected chi connectivity index (χ2v) is 5.36. The van der Waals surface area contributed by atoms with Crippen molar-refractivity contribution in [3.05, 3.63) is 59.7 Å². The van der Waals surface area contributed by atoms with Crippen LogP contribution in [0.3, 0.4) is 0 Å². The van der Waals surface area contributed by atoms with E-state index in [2.05, 4.69) is 5.43 Å². The monoisotopic (exact) mass is 361 g/mol. The molecule has 26 heavy (non-hydrogen) atoms. The van der Waals surface area contributed by atoms with E-state index < -0.39 is 34.9 Å². The predicted molar refractivity (Wildman–Crippen MR) is 86.3 cm³/mol. The van der Waals surface area contributed by atoms with Gasteiger partial charge in [-0.15, -0.1) is 0 Å². The number of hydrogen-bond acceptors (Lipinski definition) is 4. The Labute approximate surface area is 146 Å². The van der Waals surface area contributed by atoms with Crippen molar-refractivity contribution < 1.29 is 27.9 Å². The number of hydrogen-bond donors (Lipinski definition) is 2. The number of rotatable bonds is 3. The van der Waals surface area contributed by atoms with Crippen molar-refractivity contribution in [2.24, 2.45) is 0 Å². The van der Waals surface area contributed by atoms with Crippen molar-refractivity contribution in [3.8, 4) is 5.75 Å². The molecule has 0 aliphatic carbocycles. The molecule has 0 saturated carbocycles. The number of fused-ring (bicyclic) bond motifs is 1. The van der Waals surface area contributed by atoms with Gasteiger partial charge in [-0.05, 0) is 24.3 Å². The van der Waals surface area contributed by atoms with Crippen LogP contribution in [0, 0.1) is 11.6 Å². The van der Waals surface area contributed by atoms with Gasteiger partial charge in [0.05, 0.1) is 11.3 Å². The van der Waals surface area contributed by atoms with Crippen LogP contribution in [0.15, 0.2) is 42.5 Å². The fraction of sp³-hybridized carbons (Fsp3) is 0.118. The van der Waals surface area contributed by atoms with Gasteiger partial charge in [0.1, 0.15) is 23.9 Å². The molecule has 0 saturated heterocycles. The first-order chi connectivity index (χ1) is 12.5. The highest BCUT2D eigenvalue weighted by molar-refractivity contribution is 6.02. The maximum atomic E-state index is 13.5. The molecule has 1 heterocycles. The minimum absolute atomic E-state index is 0.211. The van der Waals surface area contributed by atoms with Crippen molar-refractivity contribution in [3.63, 3.8) is 0 Å². The molecule has 2 aromatic rings. The average Bonchev–Trinajstić information content (AvgIpc) is 2.62. The number of benzene rings is 2. The minimum atomic E-state index is -1.06. The highest BCUT2D eigenvalue weighted by Crippen LogP contribution is 2.31. The maximum absolute atomic E-state index is 13.5. The first kappa shape index (κ1) is 17.3. The summed E-state index contributed by atoms with van der Waals surface area (Å²) in [6, 6.07) is 9.12. The fourth-order valence-electron chi connectivity index (χ4n) is 2.38. The molecule has 0 unspecified atom stereocenters. The van der Waals surface area contributed by atoms with Gasteiger partial charge in [0.25, 0.3) is 17.7 Å². The second kappa shape index (κ2) is 7.18. The summed E-state index contributed by atoms with van der Waals surface area (Å²) in [6.07, 6.45) is 0. The molecular weight excluding hydrogens is 348 g/mol. The third-order valence-electron chi connectivity index (χ3n) is 3.60. The smallest absolute Gasteiger partial charge is 0.272 e. The van der Waals surface area contributed by atoms with E-state index in [0.29, 0.717) is 17.5 Å². The molecule has 0 radical (unpaired) electrons. The lowest BCUT2D eigenvalue weighted by Crippen LogP contribution is -2.49. The van der Waals surface area contributed by atoms with Crippen molar-refractivity contribution in [1.82, 2.24) is 10.9 Å². The summed E-state index contributed by atoms with van der Waals surface area (Å²) in [5.41, 5.74) is 4.10. The third-order valence-corrected chi connectivity index (χ3v) is 3.60. The van der Waals surface area contributed by atoms with Gasteiger partial charge in [0.15, 0.2) is 6.61 Å². The SMILES string of the molecule is O=C(CN1C(=O)COc2ccccc21)NNC(=O)c1ccc(F)cc1F. The number of carbonyl (C=O) groups excluding carboxylic acids is 3. The number of nitrogens with zero attached hydrogens (tertiary/aromatic N) is 1. The summed E-state index contributed by atoms with van der Waals surface area (Å²) in [6.45, 7) is -0.581. The predicted octanol–water partition coefficient (Wildman–Crippen LogP) is 1.15. The quantitative estimate of drug-likeness (QED) is 0.803. The van der Waals surface area contributed by atoms with Gasteiger partial charge in [-0.1, -0.05) is 12.1 Å². The Balaban J connectivity index is 1.62. The zero-order valence-corrected chi connectivity index (χ0v) is 13.3. The van der Waals surface area contributed by atoms with Gasteiger partial charge < -0.3 is 4.74 Å². The number of para-hydroxylation sites is 2. The van der Waals surface area contributed by atoms with E-state index in [0.717, 1.165) is 12.1 Å². The lowest BCUT2D eigenvalue weighted by molar-refractivity contribution is -0.125. The molecule has 0 spiro atoms. The van der Waals surface area contributed by atoms with Crippen molar-refractivity contribution >= 4 is 23.4 Å². The van der Waals surface area contributed by atoms with Gasteiger partial charge in [-0.3, -0.25) is 30.1 Å². The maximum Gasteiger partial charge on any atom is 0.272 e. The molecule has 0 aromatic heterocycles. The largest absolute Gasteiger partial charge is 0.482 e. The number of amides is 3. The molecule has 2 aromatic carbocycles. The van der Waals surface area contributed by atoms with Crippen LogP contribution in [-0.4, -0.2) is 30.9 Å². The molecule has 0 atom stereocenters. The lowest BCUT2D eigenvalue weighted by Gasteiger charge is -2.28.